The fraction of sp³-hybridized carbons (Fsp3) is 0.391. The van der Waals surface area contributed by atoms with Gasteiger partial charge in [-0.1, -0.05) is 6.07 Å². The van der Waals surface area contributed by atoms with Crippen molar-refractivity contribution in [1.29, 1.82) is 0 Å². The van der Waals surface area contributed by atoms with E-state index in [1.807, 2.05) is 0 Å². The van der Waals surface area contributed by atoms with Gasteiger partial charge in [0.05, 0.1) is 28.0 Å². The van der Waals surface area contributed by atoms with Crippen molar-refractivity contribution in [3.63, 3.8) is 0 Å². The molecular formula is C23H23F2N3O3S. The van der Waals surface area contributed by atoms with E-state index in [1.54, 1.807) is 23.5 Å². The Labute approximate surface area is 188 Å². The Morgan fingerprint density at radius 2 is 1.97 bits per heavy atom. The van der Waals surface area contributed by atoms with Crippen molar-refractivity contribution in [1.82, 2.24) is 9.97 Å². The van der Waals surface area contributed by atoms with Crippen LogP contribution in [0.4, 0.5) is 14.5 Å². The first kappa shape index (κ1) is 22.3. The molecule has 2 aromatic heterocycles. The maximum Gasteiger partial charge on any atom is 0.287 e. The molecule has 1 saturated carbocycles. The number of benzene rings is 1. The molecule has 1 amide bonds. The van der Waals surface area contributed by atoms with Crippen LogP contribution in [-0.2, 0) is 10.7 Å². The molecule has 0 radical (unpaired) electrons. The molecule has 1 aliphatic carbocycles. The van der Waals surface area contributed by atoms with E-state index < -0.39 is 17.5 Å². The van der Waals surface area contributed by atoms with Crippen molar-refractivity contribution in [2.45, 2.75) is 44.4 Å². The Hall–Kier alpha value is -2.94. The quantitative estimate of drug-likeness (QED) is 0.490. The minimum atomic E-state index is -3.14. The van der Waals surface area contributed by atoms with Crippen LogP contribution in [0, 0.1) is 5.92 Å². The minimum absolute atomic E-state index is 0.108. The summed E-state index contributed by atoms with van der Waals surface area (Å²) < 4.78 is 33.5. The predicted molar refractivity (Wildman–Crippen MR) is 119 cm³/mol. The van der Waals surface area contributed by atoms with E-state index in [0.29, 0.717) is 17.4 Å². The Bertz CT molecular complexity index is 1150. The van der Waals surface area contributed by atoms with Gasteiger partial charge in [0.2, 0.25) is 0 Å². The third kappa shape index (κ3) is 4.62. The van der Waals surface area contributed by atoms with Crippen LogP contribution >= 0.6 is 11.3 Å². The van der Waals surface area contributed by atoms with Gasteiger partial charge in [0, 0.05) is 24.8 Å². The highest BCUT2D eigenvalue weighted by molar-refractivity contribution is 7.18. The molecule has 32 heavy (non-hydrogen) atoms. The summed E-state index contributed by atoms with van der Waals surface area (Å²) in [7, 11) is 1.49. The van der Waals surface area contributed by atoms with Crippen molar-refractivity contribution in [3.05, 3.63) is 46.7 Å². The van der Waals surface area contributed by atoms with Crippen molar-refractivity contribution in [2.75, 3.05) is 12.4 Å². The Kier molecular flexibility index (Phi) is 6.19. The van der Waals surface area contributed by atoms with Gasteiger partial charge in [-0.3, -0.25) is 4.79 Å². The van der Waals surface area contributed by atoms with Crippen molar-refractivity contribution >= 4 is 39.4 Å². The second-order valence-corrected chi connectivity index (χ2v) is 9.13. The third-order valence-electron chi connectivity index (χ3n) is 5.72. The number of carbonyl (C=O) groups excluding carboxylic acids is 2. The number of thiazole rings is 1. The number of halogens is 2. The van der Waals surface area contributed by atoms with Crippen LogP contribution in [0.3, 0.4) is 0 Å². The third-order valence-corrected chi connectivity index (χ3v) is 6.90. The van der Waals surface area contributed by atoms with Gasteiger partial charge in [0.1, 0.15) is 23.4 Å². The summed E-state index contributed by atoms with van der Waals surface area (Å²) in [4.78, 5) is 32.3. The van der Waals surface area contributed by atoms with E-state index in [9.17, 15) is 18.4 Å². The molecule has 1 fully saturated rings. The molecule has 4 rings (SSSR count). The first-order valence-corrected chi connectivity index (χ1v) is 11.2. The molecule has 2 heterocycles. The Morgan fingerprint density at radius 1 is 1.22 bits per heavy atom. The standard InChI is InChI=1S/C23H23F2N3O3S/c1-23(24,25)20-5-3-4-15(26-20)21(30)27-16-11-19-17(10-18(16)31-2)28-22(32-19)14-8-6-13(12-29)7-9-14/h3-5,10-14H,6-9H2,1-2H3,(H,27,30)/t13-,14-. The highest BCUT2D eigenvalue weighted by atomic mass is 32.1. The summed E-state index contributed by atoms with van der Waals surface area (Å²) in [5.74, 6) is -2.87. The fourth-order valence-electron chi connectivity index (χ4n) is 3.91. The average molecular weight is 460 g/mol. The summed E-state index contributed by atoms with van der Waals surface area (Å²) in [6.07, 6.45) is 4.64. The lowest BCUT2D eigenvalue weighted by atomic mass is 9.83. The summed E-state index contributed by atoms with van der Waals surface area (Å²) in [6.45, 7) is 0.737. The second kappa shape index (κ2) is 8.90. The van der Waals surface area contributed by atoms with Crippen LogP contribution in [0.5, 0.6) is 5.75 Å². The van der Waals surface area contributed by atoms with Gasteiger partial charge in [-0.15, -0.1) is 11.3 Å². The zero-order chi connectivity index (χ0) is 22.9. The van der Waals surface area contributed by atoms with Crippen LogP contribution in [0.1, 0.15) is 59.7 Å². The molecular weight excluding hydrogens is 436 g/mol. The number of fused-ring (bicyclic) bond motifs is 1. The van der Waals surface area contributed by atoms with Gasteiger partial charge in [-0.2, -0.15) is 8.78 Å². The number of rotatable bonds is 6. The molecule has 0 spiro atoms. The van der Waals surface area contributed by atoms with Crippen molar-refractivity contribution in [3.8, 4) is 5.75 Å². The van der Waals surface area contributed by atoms with E-state index in [-0.39, 0.29) is 11.6 Å². The number of hydrogen-bond acceptors (Lipinski definition) is 6. The van der Waals surface area contributed by atoms with Gasteiger partial charge in [-0.25, -0.2) is 9.97 Å². The van der Waals surface area contributed by atoms with E-state index in [2.05, 4.69) is 10.3 Å². The van der Waals surface area contributed by atoms with E-state index in [0.717, 1.165) is 54.1 Å². The highest BCUT2D eigenvalue weighted by Gasteiger charge is 2.27. The summed E-state index contributed by atoms with van der Waals surface area (Å²) in [6, 6.07) is 7.49. The van der Waals surface area contributed by atoms with E-state index in [1.165, 1.54) is 25.3 Å². The van der Waals surface area contributed by atoms with Crippen LogP contribution in [-0.4, -0.2) is 29.3 Å². The molecule has 0 saturated heterocycles. The minimum Gasteiger partial charge on any atom is -0.494 e. The Balaban J connectivity index is 1.59. The number of aromatic nitrogens is 2. The number of hydrogen-bond donors (Lipinski definition) is 1. The van der Waals surface area contributed by atoms with Gasteiger partial charge in [0.15, 0.2) is 0 Å². The van der Waals surface area contributed by atoms with Crippen LogP contribution < -0.4 is 10.1 Å². The normalized spacial score (nSPS) is 19.0. The number of aldehydes is 1. The van der Waals surface area contributed by atoms with E-state index >= 15 is 0 Å². The van der Waals surface area contributed by atoms with Gasteiger partial charge in [0.25, 0.3) is 11.8 Å². The van der Waals surface area contributed by atoms with Gasteiger partial charge < -0.3 is 14.8 Å². The molecule has 1 aliphatic rings. The predicted octanol–water partition coefficient (Wildman–Crippen LogP) is 5.54. The molecule has 6 nitrogen and oxygen atoms in total. The fourth-order valence-corrected chi connectivity index (χ4v) is 5.07. The van der Waals surface area contributed by atoms with Crippen molar-refractivity contribution < 1.29 is 23.1 Å². The molecule has 1 N–H and O–H groups in total. The number of amides is 1. The summed E-state index contributed by atoms with van der Waals surface area (Å²) >= 11 is 1.55. The number of nitrogens with one attached hydrogen (secondary N) is 1. The first-order chi connectivity index (χ1) is 15.3. The number of ether oxygens (including phenoxy) is 1. The SMILES string of the molecule is COc1cc2nc([C@H]3CC[C@H](C=O)CC3)sc2cc1NC(=O)c1cccc(C(C)(F)F)n1. The number of anilines is 1. The molecule has 1 aromatic carbocycles. The van der Waals surface area contributed by atoms with E-state index in [4.69, 9.17) is 9.72 Å². The zero-order valence-electron chi connectivity index (χ0n) is 17.7. The van der Waals surface area contributed by atoms with Gasteiger partial charge >= 0.3 is 0 Å². The molecule has 3 aromatic rings. The number of methoxy groups -OCH3 is 1. The number of alkyl halides is 2. The maximum atomic E-state index is 13.6. The van der Waals surface area contributed by atoms with Crippen LogP contribution in [0.25, 0.3) is 10.2 Å². The molecule has 0 aliphatic heterocycles. The molecule has 0 bridgehead atoms. The highest BCUT2D eigenvalue weighted by Crippen LogP contribution is 2.40. The maximum absolute atomic E-state index is 13.6. The Morgan fingerprint density at radius 3 is 2.62 bits per heavy atom. The topological polar surface area (TPSA) is 81.2 Å². The lowest BCUT2D eigenvalue weighted by Gasteiger charge is -2.23. The number of carbonyl (C=O) groups is 2. The molecule has 0 atom stereocenters. The zero-order valence-corrected chi connectivity index (χ0v) is 18.5. The molecule has 9 heteroatoms. The number of pyridine rings is 1. The molecule has 0 unspecified atom stereocenters. The lowest BCUT2D eigenvalue weighted by Crippen LogP contribution is -2.17. The van der Waals surface area contributed by atoms with Gasteiger partial charge in [-0.05, 0) is 43.9 Å². The molecule has 168 valence electrons. The monoisotopic (exact) mass is 459 g/mol. The van der Waals surface area contributed by atoms with Crippen molar-refractivity contribution in [2.24, 2.45) is 5.92 Å². The van der Waals surface area contributed by atoms with Crippen LogP contribution in [0.2, 0.25) is 0 Å². The second-order valence-electron chi connectivity index (χ2n) is 8.07. The smallest absolute Gasteiger partial charge is 0.287 e. The first-order valence-electron chi connectivity index (χ1n) is 10.4. The number of nitrogens with zero attached hydrogens (tertiary/aromatic N) is 2. The average Bonchev–Trinajstić information content (AvgIpc) is 3.21. The summed E-state index contributed by atoms with van der Waals surface area (Å²) in [5.41, 5.74) is 0.607. The van der Waals surface area contributed by atoms with Crippen LogP contribution in [0.15, 0.2) is 30.3 Å². The largest absolute Gasteiger partial charge is 0.494 e. The summed E-state index contributed by atoms with van der Waals surface area (Å²) in [5, 5.41) is 3.73. The lowest BCUT2D eigenvalue weighted by molar-refractivity contribution is -0.111.